The van der Waals surface area contributed by atoms with Gasteiger partial charge in [-0.2, -0.15) is 17.8 Å². The zero-order valence-corrected chi connectivity index (χ0v) is 11.0. The monoisotopic (exact) mass is 258 g/mol. The molecular weight excluding hydrogens is 240 g/mol. The van der Waals surface area contributed by atoms with Crippen LogP contribution in [-0.2, 0) is 10.2 Å². The largest absolute Gasteiger partial charge is 0.301 e. The predicted molar refractivity (Wildman–Crippen MR) is 66.0 cm³/mol. The molecule has 1 fully saturated rings. The summed E-state index contributed by atoms with van der Waals surface area (Å²) in [6.07, 6.45) is 2.98. The van der Waals surface area contributed by atoms with E-state index in [0.717, 1.165) is 25.0 Å². The van der Waals surface area contributed by atoms with Crippen molar-refractivity contribution < 1.29 is 8.42 Å². The SMILES string of the molecule is Cc1n[nH]c(C)c1NS(=O)(=O)N1CCCCC1. The average molecular weight is 258 g/mol. The summed E-state index contributed by atoms with van der Waals surface area (Å²) in [5, 5.41) is 6.74. The van der Waals surface area contributed by atoms with Crippen LogP contribution in [0, 0.1) is 13.8 Å². The highest BCUT2D eigenvalue weighted by atomic mass is 32.2. The second kappa shape index (κ2) is 4.66. The highest BCUT2D eigenvalue weighted by Crippen LogP contribution is 2.20. The van der Waals surface area contributed by atoms with Crippen LogP contribution >= 0.6 is 0 Å². The number of piperidine rings is 1. The lowest BCUT2D eigenvalue weighted by Crippen LogP contribution is -2.39. The number of H-pyrrole nitrogens is 1. The lowest BCUT2D eigenvalue weighted by molar-refractivity contribution is 0.349. The van der Waals surface area contributed by atoms with E-state index in [1.807, 2.05) is 0 Å². The number of rotatable bonds is 3. The van der Waals surface area contributed by atoms with Crippen LogP contribution in [0.3, 0.4) is 0 Å². The average Bonchev–Trinajstić information content (AvgIpc) is 2.62. The Bertz CT molecular complexity index is 469. The molecule has 2 rings (SSSR count). The lowest BCUT2D eigenvalue weighted by atomic mass is 10.2. The van der Waals surface area contributed by atoms with Crippen LogP contribution in [0.15, 0.2) is 0 Å². The summed E-state index contributed by atoms with van der Waals surface area (Å²) >= 11 is 0. The third kappa shape index (κ3) is 2.61. The molecule has 1 saturated heterocycles. The van der Waals surface area contributed by atoms with Crippen LogP contribution in [0.5, 0.6) is 0 Å². The van der Waals surface area contributed by atoms with Gasteiger partial charge in [0.2, 0.25) is 0 Å². The Balaban J connectivity index is 2.17. The Labute approximate surface area is 102 Å². The van der Waals surface area contributed by atoms with Gasteiger partial charge in [0, 0.05) is 13.1 Å². The van der Waals surface area contributed by atoms with Crippen molar-refractivity contribution in [3.8, 4) is 0 Å². The van der Waals surface area contributed by atoms with Crippen LogP contribution < -0.4 is 4.72 Å². The maximum atomic E-state index is 12.1. The van der Waals surface area contributed by atoms with Crippen LogP contribution in [0.25, 0.3) is 0 Å². The molecule has 1 aliphatic heterocycles. The fourth-order valence-corrected chi connectivity index (χ4v) is 3.43. The van der Waals surface area contributed by atoms with E-state index >= 15 is 0 Å². The van der Waals surface area contributed by atoms with E-state index < -0.39 is 10.2 Å². The molecule has 0 amide bonds. The fraction of sp³-hybridized carbons (Fsp3) is 0.700. The number of aromatic amines is 1. The fourth-order valence-electron chi connectivity index (χ4n) is 2.00. The summed E-state index contributed by atoms with van der Waals surface area (Å²) in [4.78, 5) is 0. The minimum absolute atomic E-state index is 0.565. The Morgan fingerprint density at radius 3 is 2.41 bits per heavy atom. The molecular formula is C10H18N4O2S. The zero-order valence-electron chi connectivity index (χ0n) is 10.2. The van der Waals surface area contributed by atoms with Crippen molar-refractivity contribution >= 4 is 15.9 Å². The van der Waals surface area contributed by atoms with Crippen molar-refractivity contribution in [2.45, 2.75) is 33.1 Å². The first-order valence-corrected chi connectivity index (χ1v) is 7.24. The molecule has 6 nitrogen and oxygen atoms in total. The summed E-state index contributed by atoms with van der Waals surface area (Å²) in [7, 11) is -3.43. The molecule has 0 spiro atoms. The van der Waals surface area contributed by atoms with Gasteiger partial charge in [-0.05, 0) is 26.7 Å². The van der Waals surface area contributed by atoms with Crippen molar-refractivity contribution in [3.63, 3.8) is 0 Å². The van der Waals surface area contributed by atoms with Crippen LogP contribution in [0.4, 0.5) is 5.69 Å². The van der Waals surface area contributed by atoms with Gasteiger partial charge in [-0.15, -0.1) is 0 Å². The molecule has 1 aliphatic rings. The molecule has 1 aromatic heterocycles. The van der Waals surface area contributed by atoms with Gasteiger partial charge in [0.1, 0.15) is 0 Å². The molecule has 2 N–H and O–H groups in total. The lowest BCUT2D eigenvalue weighted by Gasteiger charge is -2.26. The molecule has 17 heavy (non-hydrogen) atoms. The Morgan fingerprint density at radius 2 is 1.88 bits per heavy atom. The molecule has 7 heteroatoms. The maximum Gasteiger partial charge on any atom is 0.301 e. The molecule has 0 unspecified atom stereocenters. The summed E-state index contributed by atoms with van der Waals surface area (Å²) < 4.78 is 28.4. The molecule has 0 bridgehead atoms. The number of nitrogens with zero attached hydrogens (tertiary/aromatic N) is 2. The summed E-state index contributed by atoms with van der Waals surface area (Å²) in [6.45, 7) is 4.78. The normalized spacial score (nSPS) is 18.2. The first-order chi connectivity index (χ1) is 8.00. The molecule has 2 heterocycles. The van der Waals surface area contributed by atoms with Crippen molar-refractivity contribution in [1.29, 1.82) is 0 Å². The summed E-state index contributed by atoms with van der Waals surface area (Å²) in [5.74, 6) is 0. The van der Waals surface area contributed by atoms with Gasteiger partial charge in [0.15, 0.2) is 0 Å². The number of anilines is 1. The number of aryl methyl sites for hydroxylation is 2. The Kier molecular flexibility index (Phi) is 3.39. The molecule has 0 aromatic carbocycles. The van der Waals surface area contributed by atoms with Crippen LogP contribution in [-0.4, -0.2) is 36.0 Å². The van der Waals surface area contributed by atoms with E-state index in [4.69, 9.17) is 0 Å². The van der Waals surface area contributed by atoms with Gasteiger partial charge in [0.25, 0.3) is 0 Å². The topological polar surface area (TPSA) is 78.1 Å². The number of aromatic nitrogens is 2. The van der Waals surface area contributed by atoms with Crippen LogP contribution in [0.2, 0.25) is 0 Å². The van der Waals surface area contributed by atoms with E-state index in [1.165, 1.54) is 4.31 Å². The second-order valence-corrected chi connectivity index (χ2v) is 6.05. The standard InChI is InChI=1S/C10H18N4O2S/c1-8-10(9(2)12-11-8)13-17(15,16)14-6-4-3-5-7-14/h13H,3-7H2,1-2H3,(H,11,12). The predicted octanol–water partition coefficient (Wildman–Crippen LogP) is 1.17. The molecule has 0 atom stereocenters. The van der Waals surface area contributed by atoms with Gasteiger partial charge in [-0.3, -0.25) is 9.82 Å². The second-order valence-electron chi connectivity index (χ2n) is 4.38. The van der Waals surface area contributed by atoms with Gasteiger partial charge in [0.05, 0.1) is 17.1 Å². The minimum atomic E-state index is -3.43. The van der Waals surface area contributed by atoms with Gasteiger partial charge in [-0.1, -0.05) is 6.42 Å². The van der Waals surface area contributed by atoms with Crippen LogP contribution in [0.1, 0.15) is 30.7 Å². The number of hydrogen-bond donors (Lipinski definition) is 2. The van der Waals surface area contributed by atoms with Gasteiger partial charge in [-0.25, -0.2) is 0 Å². The molecule has 0 saturated carbocycles. The van der Waals surface area contributed by atoms with Crippen molar-refractivity contribution in [3.05, 3.63) is 11.4 Å². The summed E-state index contributed by atoms with van der Waals surface area (Å²) in [5.41, 5.74) is 1.97. The first kappa shape index (κ1) is 12.4. The molecule has 0 aliphatic carbocycles. The highest BCUT2D eigenvalue weighted by molar-refractivity contribution is 7.90. The zero-order chi connectivity index (χ0) is 12.5. The molecule has 0 radical (unpaired) electrons. The Hall–Kier alpha value is -1.08. The van der Waals surface area contributed by atoms with E-state index in [-0.39, 0.29) is 0 Å². The first-order valence-electron chi connectivity index (χ1n) is 5.80. The quantitative estimate of drug-likeness (QED) is 0.854. The van der Waals surface area contributed by atoms with Gasteiger partial charge < -0.3 is 0 Å². The highest BCUT2D eigenvalue weighted by Gasteiger charge is 2.25. The van der Waals surface area contributed by atoms with Gasteiger partial charge >= 0.3 is 10.2 Å². The van der Waals surface area contributed by atoms with E-state index in [0.29, 0.717) is 24.5 Å². The minimum Gasteiger partial charge on any atom is -0.280 e. The smallest absolute Gasteiger partial charge is 0.280 e. The molecule has 1 aromatic rings. The number of nitrogens with one attached hydrogen (secondary N) is 2. The Morgan fingerprint density at radius 1 is 1.24 bits per heavy atom. The number of hydrogen-bond acceptors (Lipinski definition) is 3. The van der Waals surface area contributed by atoms with Crippen molar-refractivity contribution in [2.24, 2.45) is 0 Å². The van der Waals surface area contributed by atoms with E-state index in [9.17, 15) is 8.42 Å². The van der Waals surface area contributed by atoms with Crippen molar-refractivity contribution in [2.75, 3.05) is 17.8 Å². The van der Waals surface area contributed by atoms with E-state index in [1.54, 1.807) is 13.8 Å². The third-order valence-corrected chi connectivity index (χ3v) is 4.52. The van der Waals surface area contributed by atoms with Crippen molar-refractivity contribution in [1.82, 2.24) is 14.5 Å². The van der Waals surface area contributed by atoms with E-state index in [2.05, 4.69) is 14.9 Å². The summed E-state index contributed by atoms with van der Waals surface area (Å²) in [6, 6.07) is 0. The molecule has 96 valence electrons. The third-order valence-electron chi connectivity index (χ3n) is 3.01. The maximum absolute atomic E-state index is 12.1.